The molecule has 3 aromatic carbocycles. The van der Waals surface area contributed by atoms with Crippen molar-refractivity contribution >= 4 is 16.9 Å². The van der Waals surface area contributed by atoms with Gasteiger partial charge in [-0.1, -0.05) is 24.3 Å². The first kappa shape index (κ1) is 20.3. The highest BCUT2D eigenvalue weighted by molar-refractivity contribution is 5.80. The van der Waals surface area contributed by atoms with Crippen molar-refractivity contribution in [2.75, 3.05) is 7.11 Å². The van der Waals surface area contributed by atoms with Gasteiger partial charge in [0.25, 0.3) is 0 Å². The van der Waals surface area contributed by atoms with E-state index in [1.807, 2.05) is 18.2 Å². The lowest BCUT2D eigenvalue weighted by Crippen LogP contribution is -2.09. The summed E-state index contributed by atoms with van der Waals surface area (Å²) in [5.41, 5.74) is 2.66. The Morgan fingerprint density at radius 2 is 1.81 bits per heavy atom. The molecule has 0 amide bonds. The predicted octanol–water partition coefficient (Wildman–Crippen LogP) is 4.65. The molecule has 0 atom stereocenters. The van der Waals surface area contributed by atoms with E-state index in [2.05, 4.69) is 5.10 Å². The van der Waals surface area contributed by atoms with E-state index in [0.717, 1.165) is 23.1 Å². The number of aromatic nitrogens is 2. The second-order valence-electron chi connectivity index (χ2n) is 6.87. The molecular weight excluding hydrogens is 406 g/mol. The average molecular weight is 424 g/mol. The third-order valence-electron chi connectivity index (χ3n) is 4.81. The molecule has 4 aromatic rings. The van der Waals surface area contributed by atoms with E-state index in [1.165, 1.54) is 11.8 Å². The molecule has 0 aliphatic rings. The summed E-state index contributed by atoms with van der Waals surface area (Å²) in [7, 11) is 1.40. The molecule has 4 rings (SSSR count). The number of benzene rings is 3. The van der Waals surface area contributed by atoms with E-state index < -0.39 is 17.6 Å². The van der Waals surface area contributed by atoms with E-state index in [4.69, 9.17) is 14.6 Å². The number of carbonyl (C=O) groups is 1. The van der Waals surface area contributed by atoms with Crippen LogP contribution in [0.25, 0.3) is 22.0 Å². The highest BCUT2D eigenvalue weighted by Crippen LogP contribution is 2.33. The van der Waals surface area contributed by atoms with Gasteiger partial charge in [-0.3, -0.25) is 9.48 Å². The number of aliphatic carboxylic acids is 1. The van der Waals surface area contributed by atoms with Gasteiger partial charge in [-0.15, -0.1) is 0 Å². The number of fused-ring (bicyclic) bond motifs is 1. The molecule has 0 bridgehead atoms. The number of carboxylic acid groups (broad SMARTS) is 1. The summed E-state index contributed by atoms with van der Waals surface area (Å²) < 4.78 is 39.5. The largest absolute Gasteiger partial charge is 0.496 e. The van der Waals surface area contributed by atoms with Crippen LogP contribution in [0.3, 0.4) is 0 Å². The number of rotatable bonds is 7. The number of hydrogen-bond donors (Lipinski definition) is 1. The van der Waals surface area contributed by atoms with Crippen LogP contribution >= 0.6 is 0 Å². The standard InChI is InChI=1S/C23H18F2N2O4/c1-30-22-10-20(25)19(24)9-18(22)15-4-6-17(7-5-15)31-13-14-2-3-16-11-26-27(12-23(28)29)21(16)8-14/h2-11H,12-13H2,1H3,(H,28,29). The third-order valence-corrected chi connectivity index (χ3v) is 4.81. The maximum absolute atomic E-state index is 13.7. The molecule has 8 heteroatoms. The molecule has 0 spiro atoms. The summed E-state index contributed by atoms with van der Waals surface area (Å²) in [4.78, 5) is 11.0. The predicted molar refractivity (Wildman–Crippen MR) is 110 cm³/mol. The Morgan fingerprint density at radius 3 is 2.52 bits per heavy atom. The van der Waals surface area contributed by atoms with Crippen molar-refractivity contribution < 1.29 is 28.2 Å². The van der Waals surface area contributed by atoms with Crippen LogP contribution in [0, 0.1) is 11.6 Å². The summed E-state index contributed by atoms with van der Waals surface area (Å²) in [6.45, 7) is 0.0464. The van der Waals surface area contributed by atoms with Crippen molar-refractivity contribution in [3.63, 3.8) is 0 Å². The van der Waals surface area contributed by atoms with E-state index >= 15 is 0 Å². The Morgan fingerprint density at radius 1 is 1.06 bits per heavy atom. The van der Waals surface area contributed by atoms with Gasteiger partial charge in [-0.25, -0.2) is 8.78 Å². The fourth-order valence-corrected chi connectivity index (χ4v) is 3.28. The minimum Gasteiger partial charge on any atom is -0.496 e. The minimum atomic E-state index is -0.970. The fourth-order valence-electron chi connectivity index (χ4n) is 3.28. The number of methoxy groups -OCH3 is 1. The maximum atomic E-state index is 13.7. The quantitative estimate of drug-likeness (QED) is 0.467. The average Bonchev–Trinajstić information content (AvgIpc) is 3.15. The van der Waals surface area contributed by atoms with E-state index in [0.29, 0.717) is 22.4 Å². The van der Waals surface area contributed by atoms with Crippen molar-refractivity contribution in [2.24, 2.45) is 0 Å². The number of nitrogens with zero attached hydrogens (tertiary/aromatic N) is 2. The van der Waals surface area contributed by atoms with Gasteiger partial charge in [-0.05, 0) is 35.4 Å². The Bertz CT molecular complexity index is 1250. The number of halogens is 2. The van der Waals surface area contributed by atoms with Crippen LogP contribution in [0.5, 0.6) is 11.5 Å². The Labute approximate surface area is 176 Å². The molecule has 0 saturated carbocycles. The van der Waals surface area contributed by atoms with Crippen molar-refractivity contribution in [3.05, 3.63) is 78.0 Å². The van der Waals surface area contributed by atoms with E-state index in [-0.39, 0.29) is 18.9 Å². The van der Waals surface area contributed by atoms with Gasteiger partial charge in [0.05, 0.1) is 18.8 Å². The number of hydrogen-bond acceptors (Lipinski definition) is 4. The van der Waals surface area contributed by atoms with Crippen LogP contribution in [0.1, 0.15) is 5.56 Å². The van der Waals surface area contributed by atoms with Crippen molar-refractivity contribution in [3.8, 4) is 22.6 Å². The Balaban J connectivity index is 1.50. The van der Waals surface area contributed by atoms with Gasteiger partial charge in [0.1, 0.15) is 24.7 Å². The SMILES string of the molecule is COc1cc(F)c(F)cc1-c1ccc(OCc2ccc3cnn(CC(=O)O)c3c2)cc1. The Hall–Kier alpha value is -3.94. The number of ether oxygens (including phenoxy) is 2. The van der Waals surface area contributed by atoms with Gasteiger partial charge in [0.15, 0.2) is 11.6 Å². The molecule has 1 aromatic heterocycles. The first-order valence-corrected chi connectivity index (χ1v) is 9.37. The first-order chi connectivity index (χ1) is 14.9. The summed E-state index contributed by atoms with van der Waals surface area (Å²) in [6, 6.07) is 14.6. The molecule has 0 aliphatic carbocycles. The van der Waals surface area contributed by atoms with Crippen molar-refractivity contribution in [1.82, 2.24) is 9.78 Å². The molecule has 1 heterocycles. The molecule has 0 radical (unpaired) electrons. The summed E-state index contributed by atoms with van der Waals surface area (Å²) in [5.74, 6) is -2.07. The molecule has 158 valence electrons. The van der Waals surface area contributed by atoms with Gasteiger partial charge in [-0.2, -0.15) is 5.10 Å². The first-order valence-electron chi connectivity index (χ1n) is 9.37. The van der Waals surface area contributed by atoms with Gasteiger partial charge in [0.2, 0.25) is 0 Å². The van der Waals surface area contributed by atoms with Crippen LogP contribution in [-0.4, -0.2) is 28.0 Å². The van der Waals surface area contributed by atoms with Crippen LogP contribution < -0.4 is 9.47 Å². The van der Waals surface area contributed by atoms with Gasteiger partial charge >= 0.3 is 5.97 Å². The summed E-state index contributed by atoms with van der Waals surface area (Å²) in [6.07, 6.45) is 1.62. The van der Waals surface area contributed by atoms with Crippen molar-refractivity contribution in [2.45, 2.75) is 13.2 Å². The van der Waals surface area contributed by atoms with E-state index in [1.54, 1.807) is 30.5 Å². The monoisotopic (exact) mass is 424 g/mol. The zero-order chi connectivity index (χ0) is 22.0. The van der Waals surface area contributed by atoms with Crippen molar-refractivity contribution in [1.29, 1.82) is 0 Å². The summed E-state index contributed by atoms with van der Waals surface area (Å²) >= 11 is 0. The highest BCUT2D eigenvalue weighted by atomic mass is 19.2. The molecule has 0 unspecified atom stereocenters. The lowest BCUT2D eigenvalue weighted by atomic mass is 10.0. The van der Waals surface area contributed by atoms with Crippen LogP contribution in [0.2, 0.25) is 0 Å². The zero-order valence-electron chi connectivity index (χ0n) is 16.5. The van der Waals surface area contributed by atoms with Crippen LogP contribution in [0.4, 0.5) is 8.78 Å². The fraction of sp³-hybridized carbons (Fsp3) is 0.130. The molecule has 0 fully saturated rings. The molecule has 0 aliphatic heterocycles. The topological polar surface area (TPSA) is 73.6 Å². The van der Waals surface area contributed by atoms with Crippen LogP contribution in [0.15, 0.2) is 60.8 Å². The summed E-state index contributed by atoms with van der Waals surface area (Å²) in [5, 5.41) is 13.9. The molecule has 0 saturated heterocycles. The lowest BCUT2D eigenvalue weighted by molar-refractivity contribution is -0.137. The second kappa shape index (κ2) is 8.43. The normalized spacial score (nSPS) is 10.9. The Kier molecular flexibility index (Phi) is 5.53. The third kappa shape index (κ3) is 4.32. The number of carboxylic acids is 1. The molecule has 31 heavy (non-hydrogen) atoms. The van der Waals surface area contributed by atoms with Gasteiger partial charge < -0.3 is 14.6 Å². The zero-order valence-corrected chi connectivity index (χ0v) is 16.5. The van der Waals surface area contributed by atoms with Crippen LogP contribution in [-0.2, 0) is 17.9 Å². The second-order valence-corrected chi connectivity index (χ2v) is 6.87. The molecule has 1 N–H and O–H groups in total. The molecular formula is C23H18F2N2O4. The highest BCUT2D eigenvalue weighted by Gasteiger charge is 2.12. The van der Waals surface area contributed by atoms with E-state index in [9.17, 15) is 13.6 Å². The lowest BCUT2D eigenvalue weighted by Gasteiger charge is -2.11. The maximum Gasteiger partial charge on any atom is 0.325 e. The molecule has 6 nitrogen and oxygen atoms in total. The smallest absolute Gasteiger partial charge is 0.325 e. The van der Waals surface area contributed by atoms with Gasteiger partial charge in [0, 0.05) is 17.0 Å². The minimum absolute atomic E-state index is 0.220.